The van der Waals surface area contributed by atoms with Crippen LogP contribution in [0.25, 0.3) is 0 Å². The lowest BCUT2D eigenvalue weighted by Gasteiger charge is -2.40. The van der Waals surface area contributed by atoms with Gasteiger partial charge in [0.2, 0.25) is 0 Å². The number of hydrogen-bond acceptors (Lipinski definition) is 3. The van der Waals surface area contributed by atoms with E-state index in [1.54, 1.807) is 0 Å². The number of carbonyl (C=O) groups is 1. The highest BCUT2D eigenvalue weighted by molar-refractivity contribution is 6.30. The average Bonchev–Trinajstić information content (AvgIpc) is 2.75. The van der Waals surface area contributed by atoms with Crippen molar-refractivity contribution < 1.29 is 27.8 Å². The normalized spacial score (nSPS) is 32.7. The molecular formula is C14H15ClF3NO3. The SMILES string of the molecule is CC12CC(N)(C1)C(c1ccc(Cl)cc1)O2.O=C(O)C(F)(F)F. The second kappa shape index (κ2) is 5.40. The van der Waals surface area contributed by atoms with E-state index in [1.807, 2.05) is 24.3 Å². The van der Waals surface area contributed by atoms with Crippen molar-refractivity contribution in [1.29, 1.82) is 0 Å². The molecule has 0 aromatic heterocycles. The van der Waals surface area contributed by atoms with Crippen molar-refractivity contribution in [3.8, 4) is 0 Å². The van der Waals surface area contributed by atoms with Gasteiger partial charge in [-0.05, 0) is 37.5 Å². The minimum absolute atomic E-state index is 0.0129. The summed E-state index contributed by atoms with van der Waals surface area (Å²) in [7, 11) is 0. The first-order valence-corrected chi connectivity index (χ1v) is 6.85. The van der Waals surface area contributed by atoms with Gasteiger partial charge in [0.05, 0.1) is 11.1 Å². The highest BCUT2D eigenvalue weighted by Crippen LogP contribution is 2.59. The Labute approximate surface area is 130 Å². The smallest absolute Gasteiger partial charge is 0.475 e. The predicted octanol–water partition coefficient (Wildman–Crippen LogP) is 3.29. The van der Waals surface area contributed by atoms with E-state index in [0.717, 1.165) is 23.4 Å². The number of carboxylic acid groups (broad SMARTS) is 1. The van der Waals surface area contributed by atoms with Gasteiger partial charge in [0.15, 0.2) is 0 Å². The summed E-state index contributed by atoms with van der Waals surface area (Å²) in [5.41, 5.74) is 7.29. The van der Waals surface area contributed by atoms with Gasteiger partial charge in [0.25, 0.3) is 0 Å². The molecule has 1 aromatic rings. The van der Waals surface area contributed by atoms with Crippen LogP contribution in [0.2, 0.25) is 5.02 Å². The molecule has 1 aliphatic carbocycles. The fourth-order valence-corrected chi connectivity index (χ4v) is 3.17. The zero-order valence-electron chi connectivity index (χ0n) is 11.7. The Kier molecular flexibility index (Phi) is 4.18. The topological polar surface area (TPSA) is 72.5 Å². The number of benzene rings is 1. The summed E-state index contributed by atoms with van der Waals surface area (Å²) in [6, 6.07) is 7.79. The highest BCUT2D eigenvalue weighted by atomic mass is 35.5. The van der Waals surface area contributed by atoms with Crippen LogP contribution in [-0.4, -0.2) is 28.4 Å². The molecule has 8 heteroatoms. The molecule has 2 aliphatic heterocycles. The number of rotatable bonds is 1. The Morgan fingerprint density at radius 3 is 2.14 bits per heavy atom. The Morgan fingerprint density at radius 2 is 1.82 bits per heavy atom. The Balaban J connectivity index is 0.000000217. The van der Waals surface area contributed by atoms with Gasteiger partial charge < -0.3 is 15.6 Å². The van der Waals surface area contributed by atoms with Crippen LogP contribution in [0.5, 0.6) is 0 Å². The third-order valence-corrected chi connectivity index (χ3v) is 4.00. The van der Waals surface area contributed by atoms with Gasteiger partial charge in [0.1, 0.15) is 6.10 Å². The van der Waals surface area contributed by atoms with E-state index in [1.165, 1.54) is 0 Å². The summed E-state index contributed by atoms with van der Waals surface area (Å²) in [5.74, 6) is -2.76. The second-order valence-electron chi connectivity index (χ2n) is 5.89. The molecule has 4 nitrogen and oxygen atoms in total. The standard InChI is InChI=1S/C12H14ClNO.C2HF3O2/c1-11-6-12(14,7-11)10(15-11)8-2-4-9(13)5-3-8;3-2(4,5)1(6)7/h2-5,10H,6-7,14H2,1H3;(H,6,7). The van der Waals surface area contributed by atoms with Crippen LogP contribution in [0, 0.1) is 0 Å². The number of alkyl halides is 3. The predicted molar refractivity (Wildman–Crippen MR) is 73.5 cm³/mol. The average molecular weight is 338 g/mol. The third kappa shape index (κ3) is 3.37. The molecule has 1 saturated carbocycles. The number of nitrogens with two attached hydrogens (primary N) is 1. The van der Waals surface area contributed by atoms with Crippen LogP contribution in [0.1, 0.15) is 31.4 Å². The van der Waals surface area contributed by atoms with Gasteiger partial charge in [-0.3, -0.25) is 0 Å². The van der Waals surface area contributed by atoms with Crippen molar-refractivity contribution >= 4 is 17.6 Å². The van der Waals surface area contributed by atoms with Crippen molar-refractivity contribution in [1.82, 2.24) is 0 Å². The van der Waals surface area contributed by atoms with E-state index >= 15 is 0 Å². The van der Waals surface area contributed by atoms with E-state index in [0.29, 0.717) is 0 Å². The summed E-state index contributed by atoms with van der Waals surface area (Å²) in [5, 5.41) is 7.88. The van der Waals surface area contributed by atoms with Crippen molar-refractivity contribution in [2.45, 2.75) is 43.2 Å². The van der Waals surface area contributed by atoms with Gasteiger partial charge in [-0.15, -0.1) is 0 Å². The van der Waals surface area contributed by atoms with Gasteiger partial charge in [-0.2, -0.15) is 13.2 Å². The maximum atomic E-state index is 10.6. The fourth-order valence-electron chi connectivity index (χ4n) is 3.05. The number of aliphatic carboxylic acids is 1. The second-order valence-corrected chi connectivity index (χ2v) is 6.33. The maximum Gasteiger partial charge on any atom is 0.490 e. The quantitative estimate of drug-likeness (QED) is 0.824. The van der Waals surface area contributed by atoms with Crippen LogP contribution in [0.3, 0.4) is 0 Å². The summed E-state index contributed by atoms with van der Waals surface area (Å²) >= 11 is 5.86. The van der Waals surface area contributed by atoms with Gasteiger partial charge in [-0.1, -0.05) is 23.7 Å². The lowest BCUT2D eigenvalue weighted by molar-refractivity contribution is -0.192. The molecule has 22 heavy (non-hydrogen) atoms. The van der Waals surface area contributed by atoms with Crippen molar-refractivity contribution in [2.75, 3.05) is 0 Å². The Bertz CT molecular complexity index is 568. The molecule has 1 atom stereocenters. The summed E-state index contributed by atoms with van der Waals surface area (Å²) < 4.78 is 37.7. The lowest BCUT2D eigenvalue weighted by atomic mass is 9.67. The summed E-state index contributed by atoms with van der Waals surface area (Å²) in [6.45, 7) is 2.13. The molecule has 2 bridgehead atoms. The molecule has 4 rings (SSSR count). The van der Waals surface area contributed by atoms with Gasteiger partial charge in [-0.25, -0.2) is 4.79 Å². The van der Waals surface area contributed by atoms with E-state index < -0.39 is 12.1 Å². The van der Waals surface area contributed by atoms with E-state index in [2.05, 4.69) is 6.92 Å². The molecule has 3 aliphatic rings. The molecule has 0 spiro atoms. The van der Waals surface area contributed by atoms with Crippen LogP contribution < -0.4 is 5.73 Å². The Morgan fingerprint density at radius 1 is 1.36 bits per heavy atom. The molecule has 2 heterocycles. The summed E-state index contributed by atoms with van der Waals surface area (Å²) in [4.78, 5) is 8.90. The molecule has 2 saturated heterocycles. The first kappa shape index (κ1) is 17.1. The zero-order valence-corrected chi connectivity index (χ0v) is 12.4. The molecule has 3 N–H and O–H groups in total. The minimum atomic E-state index is -5.08. The van der Waals surface area contributed by atoms with Crippen molar-refractivity contribution in [2.24, 2.45) is 5.73 Å². The van der Waals surface area contributed by atoms with Crippen LogP contribution in [0.4, 0.5) is 13.2 Å². The monoisotopic (exact) mass is 337 g/mol. The van der Waals surface area contributed by atoms with Crippen LogP contribution in [0.15, 0.2) is 24.3 Å². The van der Waals surface area contributed by atoms with Gasteiger partial charge >= 0.3 is 12.1 Å². The highest BCUT2D eigenvalue weighted by Gasteiger charge is 2.63. The number of halogens is 4. The number of ether oxygens (including phenoxy) is 1. The molecule has 3 fully saturated rings. The molecule has 0 amide bonds. The molecular weight excluding hydrogens is 323 g/mol. The number of fused-ring (bicyclic) bond motifs is 1. The molecule has 1 aromatic carbocycles. The fraction of sp³-hybridized carbons (Fsp3) is 0.500. The Hall–Kier alpha value is -1.31. The number of carboxylic acids is 1. The first-order valence-electron chi connectivity index (χ1n) is 6.48. The maximum absolute atomic E-state index is 10.6. The molecule has 122 valence electrons. The van der Waals surface area contributed by atoms with Crippen molar-refractivity contribution in [3.63, 3.8) is 0 Å². The zero-order chi connectivity index (χ0) is 16.8. The van der Waals surface area contributed by atoms with E-state index in [-0.39, 0.29) is 17.2 Å². The minimum Gasteiger partial charge on any atom is -0.475 e. The van der Waals surface area contributed by atoms with Crippen LogP contribution in [-0.2, 0) is 9.53 Å². The largest absolute Gasteiger partial charge is 0.490 e. The first-order chi connectivity index (χ1) is 9.95. The molecule has 1 unspecified atom stereocenters. The lowest BCUT2D eigenvalue weighted by Crippen LogP contribution is -2.54. The van der Waals surface area contributed by atoms with Gasteiger partial charge in [0, 0.05) is 5.02 Å². The summed E-state index contributed by atoms with van der Waals surface area (Å²) in [6.07, 6.45) is -3.11. The molecule has 0 radical (unpaired) electrons. The third-order valence-electron chi connectivity index (χ3n) is 3.75. The number of hydrogen-bond donors (Lipinski definition) is 2. The van der Waals surface area contributed by atoms with Crippen molar-refractivity contribution in [3.05, 3.63) is 34.9 Å². The van der Waals surface area contributed by atoms with Crippen LogP contribution >= 0.6 is 11.6 Å². The van der Waals surface area contributed by atoms with E-state index in [9.17, 15) is 13.2 Å². The van der Waals surface area contributed by atoms with E-state index in [4.69, 9.17) is 32.0 Å².